The van der Waals surface area contributed by atoms with Gasteiger partial charge in [0.2, 0.25) is 11.8 Å². The van der Waals surface area contributed by atoms with E-state index in [1.165, 1.54) is 49.9 Å². The highest BCUT2D eigenvalue weighted by atomic mass is 33.1. The van der Waals surface area contributed by atoms with E-state index < -0.39 is 106 Å². The molecule has 0 bridgehead atoms. The predicted molar refractivity (Wildman–Crippen MR) is 504 cm³/mol. The van der Waals surface area contributed by atoms with Crippen LogP contribution in [0.25, 0.3) is 43.9 Å². The van der Waals surface area contributed by atoms with Crippen molar-refractivity contribution in [1.29, 1.82) is 0 Å². The number of anilines is 1. The second-order valence-electron chi connectivity index (χ2n) is 32.4. The molecule has 135 heavy (non-hydrogen) atoms. The average Bonchev–Trinajstić information content (AvgIpc) is 1.67. The molecule has 4 unspecified atom stereocenters. The van der Waals surface area contributed by atoms with Crippen molar-refractivity contribution in [3.8, 4) is 45.3 Å². The second kappa shape index (κ2) is 44.0. The molecular formula is C96H96N10O25P2S2. The van der Waals surface area contributed by atoms with Gasteiger partial charge in [-0.05, 0) is 196 Å². The van der Waals surface area contributed by atoms with Gasteiger partial charge >= 0.3 is 45.9 Å². The zero-order valence-corrected chi connectivity index (χ0v) is 76.5. The first kappa shape index (κ1) is 97.3. The number of carboxylic acid groups (broad SMARTS) is 2. The minimum absolute atomic E-state index is 0.0151. The maximum absolute atomic E-state index is 14.9. The number of alkyl carbamates (subject to hydrolysis) is 2. The number of fused-ring (bicyclic) bond motifs is 10. The SMILES string of the molecule is Cc1nc2ccc3ccc(CN(C(=O)OCC4c5ccccc5-c5ccccc54)c4ccc5c(c4)CN(C(CCC(=O)NCCCC(N=Cc4cc(OP(=O)(O)O)ccc4O)C(CCCNC(=O)OCc4ccc(SSCC(NC(=O)OCC6c7ccccc7-c7ccccc76)C(=O)N(C)C)c(CCOCC(=O)O)c4)N=Cc4cc(OP(=O)(O)O)ccc4O)C(=O)O)C5=O)cc3c2c(=O)[nH]1. The Kier molecular flexibility index (Phi) is 31.7. The van der Waals surface area contributed by atoms with E-state index in [1.54, 1.807) is 57.4 Å². The number of phosphoric ester groups is 2. The molecule has 0 spiro atoms. The van der Waals surface area contributed by atoms with E-state index in [0.717, 1.165) is 91.2 Å². The van der Waals surface area contributed by atoms with Crippen molar-refractivity contribution in [2.24, 2.45) is 9.98 Å². The third kappa shape index (κ3) is 25.0. The number of benzene rings is 10. The summed E-state index contributed by atoms with van der Waals surface area (Å²) in [6.07, 6.45) is -0.308. The summed E-state index contributed by atoms with van der Waals surface area (Å²) in [4.78, 5) is 182. The Bertz CT molecular complexity index is 6480. The number of nitrogens with one attached hydrogen (secondary N) is 4. The number of aryl methyl sites for hydroxylation is 1. The lowest BCUT2D eigenvalue weighted by atomic mass is 9.98. The van der Waals surface area contributed by atoms with Crippen LogP contribution in [0.5, 0.6) is 23.0 Å². The number of carbonyl (C=O) groups excluding carboxylic acids is 6. The number of aliphatic carboxylic acids is 2. The number of aromatic hydroxyl groups is 2. The molecule has 6 amide bonds. The Labute approximate surface area is 781 Å². The quantitative estimate of drug-likeness (QED) is 0.00422. The van der Waals surface area contributed by atoms with Crippen LogP contribution < -0.4 is 35.5 Å². The molecule has 39 heteroatoms. The molecule has 0 saturated heterocycles. The van der Waals surface area contributed by atoms with Crippen LogP contribution in [0.4, 0.5) is 20.1 Å². The number of amides is 6. The molecule has 4 atom stereocenters. The lowest BCUT2D eigenvalue weighted by Gasteiger charge is -2.25. The van der Waals surface area contributed by atoms with E-state index in [-0.39, 0.29) is 148 Å². The number of hydrogen-bond acceptors (Lipinski definition) is 24. The third-order valence-corrected chi connectivity index (χ3v) is 26.3. The minimum atomic E-state index is -5.13. The van der Waals surface area contributed by atoms with Gasteiger partial charge in [0.05, 0.1) is 36.1 Å². The van der Waals surface area contributed by atoms with Crippen molar-refractivity contribution >= 4 is 125 Å². The minimum Gasteiger partial charge on any atom is -0.507 e. The number of carbonyl (C=O) groups is 8. The maximum atomic E-state index is 14.9. The molecule has 1 aliphatic heterocycles. The fraction of sp³-hybridized carbons (Fsp3) is 0.271. The van der Waals surface area contributed by atoms with Gasteiger partial charge in [0, 0.05) is 97.4 Å². The summed E-state index contributed by atoms with van der Waals surface area (Å²) in [6.45, 7) is 0.345. The number of phosphoric acid groups is 2. The smallest absolute Gasteiger partial charge is 0.507 e. The van der Waals surface area contributed by atoms with Gasteiger partial charge in [-0.2, -0.15) is 0 Å². The first-order chi connectivity index (χ1) is 64.8. The van der Waals surface area contributed by atoms with Gasteiger partial charge in [0.25, 0.3) is 11.5 Å². The van der Waals surface area contributed by atoms with Crippen LogP contribution in [-0.2, 0) is 73.4 Å². The molecule has 702 valence electrons. The van der Waals surface area contributed by atoms with Crippen LogP contribution in [0.2, 0.25) is 0 Å². The fourth-order valence-corrected chi connectivity index (χ4v) is 19.8. The van der Waals surface area contributed by atoms with Gasteiger partial charge in [-0.3, -0.25) is 53.6 Å². The Morgan fingerprint density at radius 3 is 1.76 bits per heavy atom. The lowest BCUT2D eigenvalue weighted by molar-refractivity contribution is -0.143. The number of H-pyrrole nitrogens is 1. The first-order valence-corrected chi connectivity index (χ1v) is 48.3. The molecule has 11 aromatic rings. The summed E-state index contributed by atoms with van der Waals surface area (Å²) >= 11 is 0. The molecule has 3 aliphatic rings. The van der Waals surface area contributed by atoms with E-state index in [9.17, 15) is 92.3 Å². The van der Waals surface area contributed by atoms with Crippen molar-refractivity contribution < 1.29 is 115 Å². The van der Waals surface area contributed by atoms with Crippen LogP contribution in [0, 0.1) is 6.92 Å². The third-order valence-electron chi connectivity index (χ3n) is 22.9. The van der Waals surface area contributed by atoms with Crippen LogP contribution >= 0.6 is 37.2 Å². The molecule has 2 heterocycles. The van der Waals surface area contributed by atoms with Crippen LogP contribution in [0.3, 0.4) is 0 Å². The predicted octanol–water partition coefficient (Wildman–Crippen LogP) is 13.8. The summed E-state index contributed by atoms with van der Waals surface area (Å²) in [6, 6.07) is 52.6. The van der Waals surface area contributed by atoms with Crippen LogP contribution in [0.1, 0.15) is 122 Å². The highest BCUT2D eigenvalue weighted by Crippen LogP contribution is 2.48. The number of phenolic OH excluding ortho intramolecular Hbond substituents is 2. The van der Waals surface area contributed by atoms with E-state index >= 15 is 0 Å². The Balaban J connectivity index is 0.635. The molecule has 12 N–H and O–H groups in total. The zero-order chi connectivity index (χ0) is 95.8. The Hall–Kier alpha value is -13.7. The molecular weight excluding hydrogens is 1820 g/mol. The summed E-state index contributed by atoms with van der Waals surface area (Å²) in [5.41, 5.74) is 10.7. The molecule has 0 fully saturated rings. The molecule has 0 radical (unpaired) electrons. The zero-order valence-electron chi connectivity index (χ0n) is 73.1. The van der Waals surface area contributed by atoms with Crippen molar-refractivity contribution in [3.63, 3.8) is 0 Å². The number of ether oxygens (including phenoxy) is 4. The number of rotatable bonds is 42. The molecule has 2 aliphatic carbocycles. The summed E-state index contributed by atoms with van der Waals surface area (Å²) in [7, 11) is -4.57. The average molecular weight is 1920 g/mol. The number of nitrogens with zero attached hydrogens (tertiary/aromatic N) is 6. The number of aromatic amines is 1. The number of aromatic nitrogens is 2. The number of hydrogen-bond donors (Lipinski definition) is 12. The maximum Gasteiger partial charge on any atom is 0.524 e. The van der Waals surface area contributed by atoms with Gasteiger partial charge in [0.1, 0.15) is 67.3 Å². The molecule has 14 rings (SSSR count). The van der Waals surface area contributed by atoms with Crippen molar-refractivity contribution in [3.05, 3.63) is 278 Å². The topological polar surface area (TPSA) is 504 Å². The van der Waals surface area contributed by atoms with E-state index in [0.29, 0.717) is 55.0 Å². The highest BCUT2D eigenvalue weighted by molar-refractivity contribution is 8.76. The van der Waals surface area contributed by atoms with E-state index in [1.807, 2.05) is 121 Å². The molecule has 1 aromatic heterocycles. The summed E-state index contributed by atoms with van der Waals surface area (Å²) in [5, 5.41) is 52.2. The second-order valence-corrected chi connectivity index (χ2v) is 37.1. The molecule has 10 aromatic carbocycles. The lowest BCUT2D eigenvalue weighted by Crippen LogP contribution is -2.48. The summed E-state index contributed by atoms with van der Waals surface area (Å²) in [5.74, 6) is -5.77. The van der Waals surface area contributed by atoms with Crippen LogP contribution in [-0.4, -0.2) is 204 Å². The monoisotopic (exact) mass is 1910 g/mol. The normalized spacial score (nSPS) is 13.7. The van der Waals surface area contributed by atoms with Crippen LogP contribution in [0.15, 0.2) is 220 Å². The Morgan fingerprint density at radius 2 is 1.19 bits per heavy atom. The standard InChI is InChI=1S/C96H96N10O25P2S2/c1-56-101-81-32-27-59-26-24-57(43-76(59)89(81)90(112)102-56)49-105(96(119)129-53-78-74-20-10-6-16-70(74)71-17-7-11-21-75(71)78)64-28-31-67-63(44-64)50-106(91(67)113)83(93(115)116)33-37-87(109)97-39-12-22-79(99-47-61-45-65(29-34-84(61)107)130-132(120,121)122)80(100-48-62-46-66(30-35-85(62)108)131-133(123,124)125)23-13-40-98-94(117)127-51-58-25-36-86(60(42-58)38-41-126-54-88(110)111)135-134-55-82(92(114)104(2)3)103-95(118)128-52-77-72-18-8-4-14-68(72)69-15-5-9-19-73(69)77/h4-11,14-21,24-32,34-36,42-48,77-80,82-83,107-108H,12-13,22-23,33,37-41,49-55H2,1-3H3,(H,97,109)(H,98,117)(H,103,118)(H,110,111)(H,115,116)(H,101,102,112)(H2,120,121,122)(H2,123,124,125). The Morgan fingerprint density at radius 1 is 0.630 bits per heavy atom. The fourth-order valence-electron chi connectivity index (χ4n) is 16.6. The largest absolute Gasteiger partial charge is 0.524 e. The molecule has 35 nitrogen and oxygen atoms in total. The number of aliphatic imine (C=N–C) groups is 2. The number of carboxylic acids is 2. The van der Waals surface area contributed by atoms with Crippen molar-refractivity contribution in [2.75, 3.05) is 64.3 Å². The first-order valence-electron chi connectivity index (χ1n) is 42.9. The highest BCUT2D eigenvalue weighted by Gasteiger charge is 2.39. The van der Waals surface area contributed by atoms with Gasteiger partial charge in [-0.15, -0.1) is 0 Å². The number of phenols is 2. The van der Waals surface area contributed by atoms with Crippen molar-refractivity contribution in [2.45, 2.75) is 112 Å². The van der Waals surface area contributed by atoms with Gasteiger partial charge in [0.15, 0.2) is 0 Å². The van der Waals surface area contributed by atoms with Crippen molar-refractivity contribution in [1.82, 2.24) is 35.7 Å². The van der Waals surface area contributed by atoms with Gasteiger partial charge in [-0.1, -0.05) is 149 Å². The van der Waals surface area contributed by atoms with E-state index in [2.05, 4.69) is 25.9 Å². The van der Waals surface area contributed by atoms with Gasteiger partial charge < -0.3 is 79.2 Å². The summed E-state index contributed by atoms with van der Waals surface area (Å²) < 4.78 is 56.6. The van der Waals surface area contributed by atoms with Gasteiger partial charge in [-0.25, -0.2) is 38.1 Å². The van der Waals surface area contributed by atoms with E-state index in [4.69, 9.17) is 38.0 Å². The number of likely N-dealkylation sites (N-methyl/N-ethyl adjacent to an activating group) is 1. The molecule has 0 saturated carbocycles.